The monoisotopic (exact) mass is 263 g/mol. The lowest BCUT2D eigenvalue weighted by Crippen LogP contribution is -2.36. The zero-order chi connectivity index (χ0) is 13.8. The van der Waals surface area contributed by atoms with Gasteiger partial charge in [0, 0.05) is 6.54 Å². The highest BCUT2D eigenvalue weighted by molar-refractivity contribution is 5.98. The largest absolute Gasteiger partial charge is 0.505 e. The summed E-state index contributed by atoms with van der Waals surface area (Å²) < 4.78 is 0. The van der Waals surface area contributed by atoms with Crippen molar-refractivity contribution in [1.29, 1.82) is 0 Å². The summed E-state index contributed by atoms with van der Waals surface area (Å²) in [7, 11) is 2.11. The minimum absolute atomic E-state index is 0.136. The Labute approximate surface area is 113 Å². The number of carbonyl (C=O) groups is 1. The smallest absolute Gasteiger partial charge is 0.255 e. The van der Waals surface area contributed by atoms with E-state index in [1.807, 2.05) is 0 Å². The zero-order valence-corrected chi connectivity index (χ0v) is 11.2. The summed E-state index contributed by atoms with van der Waals surface area (Å²) in [5.41, 5.74) is 6.05. The molecule has 0 bridgehead atoms. The number of benzene rings is 1. The van der Waals surface area contributed by atoms with Crippen LogP contribution in [0.25, 0.3) is 0 Å². The normalized spacial score (nSPS) is 17.3. The highest BCUT2D eigenvalue weighted by Crippen LogP contribution is 2.24. The SMILES string of the molecule is CN1CCC(CNC(=O)c2cccc(N)c2O)CC1. The number of carbonyl (C=O) groups excluding carboxylic acids is 1. The molecule has 5 nitrogen and oxygen atoms in total. The second kappa shape index (κ2) is 5.93. The number of piperidine rings is 1. The van der Waals surface area contributed by atoms with Gasteiger partial charge in [0.25, 0.3) is 5.91 Å². The molecule has 1 aromatic carbocycles. The van der Waals surface area contributed by atoms with E-state index in [1.165, 1.54) is 0 Å². The van der Waals surface area contributed by atoms with E-state index in [2.05, 4.69) is 17.3 Å². The lowest BCUT2D eigenvalue weighted by atomic mass is 9.97. The van der Waals surface area contributed by atoms with Crippen molar-refractivity contribution >= 4 is 11.6 Å². The van der Waals surface area contributed by atoms with Crippen LogP contribution in [0.2, 0.25) is 0 Å². The first-order chi connectivity index (χ1) is 9.08. The molecule has 0 unspecified atom stereocenters. The van der Waals surface area contributed by atoms with Crippen LogP contribution in [0.15, 0.2) is 18.2 Å². The van der Waals surface area contributed by atoms with Gasteiger partial charge in [-0.2, -0.15) is 0 Å². The fourth-order valence-electron chi connectivity index (χ4n) is 2.34. The van der Waals surface area contributed by atoms with Gasteiger partial charge in [-0.1, -0.05) is 6.07 Å². The maximum absolute atomic E-state index is 12.0. The fourth-order valence-corrected chi connectivity index (χ4v) is 2.34. The molecule has 0 radical (unpaired) electrons. The van der Waals surface area contributed by atoms with Gasteiger partial charge >= 0.3 is 0 Å². The van der Waals surface area contributed by atoms with Gasteiger partial charge in [-0.05, 0) is 51.0 Å². The number of likely N-dealkylation sites (tertiary alicyclic amines) is 1. The summed E-state index contributed by atoms with van der Waals surface area (Å²) >= 11 is 0. The highest BCUT2D eigenvalue weighted by atomic mass is 16.3. The van der Waals surface area contributed by atoms with Gasteiger partial charge in [0.05, 0.1) is 11.3 Å². The van der Waals surface area contributed by atoms with Gasteiger partial charge in [0.2, 0.25) is 0 Å². The molecule has 0 spiro atoms. The van der Waals surface area contributed by atoms with Gasteiger partial charge in [-0.3, -0.25) is 4.79 Å². The van der Waals surface area contributed by atoms with Crippen molar-refractivity contribution in [3.63, 3.8) is 0 Å². The maximum atomic E-state index is 12.0. The number of para-hydroxylation sites is 1. The van der Waals surface area contributed by atoms with Gasteiger partial charge < -0.3 is 21.1 Å². The number of nitrogen functional groups attached to an aromatic ring is 1. The molecular formula is C14H21N3O2. The van der Waals surface area contributed by atoms with E-state index >= 15 is 0 Å². The van der Waals surface area contributed by atoms with E-state index in [4.69, 9.17) is 5.73 Å². The Morgan fingerprint density at radius 3 is 2.84 bits per heavy atom. The lowest BCUT2D eigenvalue weighted by Gasteiger charge is -2.28. The number of phenols is 1. The summed E-state index contributed by atoms with van der Waals surface area (Å²) in [4.78, 5) is 14.3. The van der Waals surface area contributed by atoms with E-state index in [0.29, 0.717) is 12.5 Å². The van der Waals surface area contributed by atoms with Crippen molar-refractivity contribution in [2.75, 3.05) is 32.4 Å². The number of nitrogens with one attached hydrogen (secondary N) is 1. The van der Waals surface area contributed by atoms with Crippen LogP contribution < -0.4 is 11.1 Å². The Hall–Kier alpha value is -1.75. The van der Waals surface area contributed by atoms with E-state index in [1.54, 1.807) is 18.2 Å². The van der Waals surface area contributed by atoms with Crippen LogP contribution in [0.1, 0.15) is 23.2 Å². The van der Waals surface area contributed by atoms with Crippen molar-refractivity contribution in [1.82, 2.24) is 10.2 Å². The topological polar surface area (TPSA) is 78.6 Å². The first-order valence-corrected chi connectivity index (χ1v) is 6.62. The quantitative estimate of drug-likeness (QED) is 0.562. The molecule has 0 saturated carbocycles. The summed E-state index contributed by atoms with van der Waals surface area (Å²) in [6.45, 7) is 2.80. The zero-order valence-electron chi connectivity index (χ0n) is 11.2. The Kier molecular flexibility index (Phi) is 4.27. The molecule has 104 valence electrons. The van der Waals surface area contributed by atoms with E-state index in [0.717, 1.165) is 25.9 Å². The predicted octanol–water partition coefficient (Wildman–Crippen LogP) is 1.05. The number of aromatic hydroxyl groups is 1. The van der Waals surface area contributed by atoms with Gasteiger partial charge in [0.15, 0.2) is 5.75 Å². The second-order valence-electron chi connectivity index (χ2n) is 5.20. The van der Waals surface area contributed by atoms with Crippen LogP contribution in [0, 0.1) is 5.92 Å². The maximum Gasteiger partial charge on any atom is 0.255 e. The number of hydrogen-bond donors (Lipinski definition) is 3. The molecule has 0 atom stereocenters. The molecule has 1 fully saturated rings. The van der Waals surface area contributed by atoms with Crippen LogP contribution in [-0.4, -0.2) is 42.6 Å². The molecule has 19 heavy (non-hydrogen) atoms. The standard InChI is InChI=1S/C14H21N3O2/c1-17-7-5-10(6-8-17)9-16-14(19)11-3-2-4-12(15)13(11)18/h2-4,10,18H,5-9,15H2,1H3,(H,16,19). The number of amides is 1. The first kappa shape index (κ1) is 13.7. The van der Waals surface area contributed by atoms with E-state index in [9.17, 15) is 9.90 Å². The Morgan fingerprint density at radius 2 is 2.16 bits per heavy atom. The van der Waals surface area contributed by atoms with Gasteiger partial charge in [-0.15, -0.1) is 0 Å². The third-order valence-corrected chi connectivity index (χ3v) is 3.70. The number of nitrogens with two attached hydrogens (primary N) is 1. The summed E-state index contributed by atoms with van der Waals surface area (Å²) in [6, 6.07) is 4.82. The summed E-state index contributed by atoms with van der Waals surface area (Å²) in [5.74, 6) is 0.121. The molecule has 1 aromatic rings. The van der Waals surface area contributed by atoms with Crippen LogP contribution in [-0.2, 0) is 0 Å². The van der Waals surface area contributed by atoms with Crippen LogP contribution in [0.3, 0.4) is 0 Å². The van der Waals surface area contributed by atoms with Gasteiger partial charge in [-0.25, -0.2) is 0 Å². The molecule has 5 heteroatoms. The summed E-state index contributed by atoms with van der Waals surface area (Å²) in [6.07, 6.45) is 2.19. The minimum Gasteiger partial charge on any atom is -0.505 e. The fraction of sp³-hybridized carbons (Fsp3) is 0.500. The number of phenolic OH excluding ortho intramolecular Hbond substituents is 1. The number of anilines is 1. The number of nitrogens with zero attached hydrogens (tertiary/aromatic N) is 1. The molecular weight excluding hydrogens is 242 g/mol. The average Bonchev–Trinajstić information content (AvgIpc) is 2.41. The Bertz CT molecular complexity index is 454. The Morgan fingerprint density at radius 1 is 1.47 bits per heavy atom. The third-order valence-electron chi connectivity index (χ3n) is 3.70. The second-order valence-corrected chi connectivity index (χ2v) is 5.20. The molecule has 1 heterocycles. The van der Waals surface area contributed by atoms with Crippen LogP contribution in [0.4, 0.5) is 5.69 Å². The molecule has 0 aliphatic carbocycles. The molecule has 4 N–H and O–H groups in total. The third kappa shape index (κ3) is 3.38. The van der Waals surface area contributed by atoms with Crippen LogP contribution >= 0.6 is 0 Å². The minimum atomic E-state index is -0.260. The van der Waals surface area contributed by atoms with Crippen molar-refractivity contribution in [2.45, 2.75) is 12.8 Å². The molecule has 1 aliphatic heterocycles. The van der Waals surface area contributed by atoms with E-state index in [-0.39, 0.29) is 22.9 Å². The van der Waals surface area contributed by atoms with Crippen molar-refractivity contribution in [3.05, 3.63) is 23.8 Å². The molecule has 2 rings (SSSR count). The first-order valence-electron chi connectivity index (χ1n) is 6.62. The molecule has 1 amide bonds. The van der Waals surface area contributed by atoms with Crippen molar-refractivity contribution < 1.29 is 9.90 Å². The predicted molar refractivity (Wildman–Crippen MR) is 75.1 cm³/mol. The number of rotatable bonds is 3. The van der Waals surface area contributed by atoms with Gasteiger partial charge in [0.1, 0.15) is 0 Å². The van der Waals surface area contributed by atoms with Crippen molar-refractivity contribution in [3.8, 4) is 5.75 Å². The van der Waals surface area contributed by atoms with Crippen LogP contribution in [0.5, 0.6) is 5.75 Å². The average molecular weight is 263 g/mol. The molecule has 0 aromatic heterocycles. The highest BCUT2D eigenvalue weighted by Gasteiger charge is 2.18. The lowest BCUT2D eigenvalue weighted by molar-refractivity contribution is 0.0936. The van der Waals surface area contributed by atoms with Crippen molar-refractivity contribution in [2.24, 2.45) is 5.92 Å². The molecule has 1 aliphatic rings. The number of hydrogen-bond acceptors (Lipinski definition) is 4. The summed E-state index contributed by atoms with van der Waals surface area (Å²) in [5, 5.41) is 12.6. The molecule has 1 saturated heterocycles. The Balaban J connectivity index is 1.89. The van der Waals surface area contributed by atoms with E-state index < -0.39 is 0 Å².